The summed E-state index contributed by atoms with van der Waals surface area (Å²) in [6.45, 7) is 5.33. The van der Waals surface area contributed by atoms with Crippen LogP contribution in [0.1, 0.15) is 20.3 Å². The van der Waals surface area contributed by atoms with E-state index in [0.29, 0.717) is 41.3 Å². The summed E-state index contributed by atoms with van der Waals surface area (Å²) in [5.41, 5.74) is 0.671. The molecule has 27 heavy (non-hydrogen) atoms. The minimum absolute atomic E-state index is 0.127. The normalized spacial score (nSPS) is 10.7. The van der Waals surface area contributed by atoms with E-state index in [0.717, 1.165) is 6.42 Å². The van der Waals surface area contributed by atoms with E-state index in [1.165, 1.54) is 11.8 Å². The Labute approximate surface area is 162 Å². The summed E-state index contributed by atoms with van der Waals surface area (Å²) >= 11 is 1.34. The van der Waals surface area contributed by atoms with Gasteiger partial charge in [0.25, 0.3) is 0 Å². The van der Waals surface area contributed by atoms with Crippen molar-refractivity contribution in [3.8, 4) is 17.3 Å². The standard InChI is InChI=1S/C19H22N4O3S/c1-3-11-25-15-9-6-5-8-14(15)20-17(24)13-27-19-22-21-18(23(19)4-2)16-10-7-12-26-16/h5-10,12H,3-4,11,13H2,1-2H3,(H,20,24). The number of carbonyl (C=O) groups is 1. The van der Waals surface area contributed by atoms with Gasteiger partial charge in [-0.15, -0.1) is 10.2 Å². The molecule has 0 unspecified atom stereocenters. The van der Waals surface area contributed by atoms with E-state index in [9.17, 15) is 4.79 Å². The van der Waals surface area contributed by atoms with Crippen LogP contribution in [0.3, 0.4) is 0 Å². The van der Waals surface area contributed by atoms with Crippen LogP contribution in [0.5, 0.6) is 5.75 Å². The van der Waals surface area contributed by atoms with Crippen LogP contribution >= 0.6 is 11.8 Å². The molecule has 0 fully saturated rings. The van der Waals surface area contributed by atoms with Crippen LogP contribution in [0, 0.1) is 0 Å². The number of furan rings is 1. The number of benzene rings is 1. The molecule has 1 N–H and O–H groups in total. The highest BCUT2D eigenvalue weighted by Crippen LogP contribution is 2.26. The van der Waals surface area contributed by atoms with E-state index in [-0.39, 0.29) is 11.7 Å². The predicted molar refractivity (Wildman–Crippen MR) is 105 cm³/mol. The average molecular weight is 386 g/mol. The molecule has 0 bridgehead atoms. The van der Waals surface area contributed by atoms with Gasteiger partial charge in [0.15, 0.2) is 16.7 Å². The number of anilines is 1. The fourth-order valence-electron chi connectivity index (χ4n) is 2.49. The molecule has 0 saturated carbocycles. The maximum Gasteiger partial charge on any atom is 0.234 e. The molecule has 3 rings (SSSR count). The van der Waals surface area contributed by atoms with Gasteiger partial charge in [-0.25, -0.2) is 0 Å². The number of amides is 1. The van der Waals surface area contributed by atoms with E-state index in [2.05, 4.69) is 15.5 Å². The van der Waals surface area contributed by atoms with Gasteiger partial charge in [-0.2, -0.15) is 0 Å². The molecule has 1 amide bonds. The Bertz CT molecular complexity index is 877. The number of hydrogen-bond acceptors (Lipinski definition) is 6. The SMILES string of the molecule is CCCOc1ccccc1NC(=O)CSc1nnc(-c2ccco2)n1CC. The molecular formula is C19H22N4O3S. The van der Waals surface area contributed by atoms with Crippen molar-refractivity contribution in [3.05, 3.63) is 42.7 Å². The van der Waals surface area contributed by atoms with Crippen molar-refractivity contribution >= 4 is 23.4 Å². The summed E-state index contributed by atoms with van der Waals surface area (Å²) in [5.74, 6) is 2.08. The van der Waals surface area contributed by atoms with Crippen LogP contribution in [0.25, 0.3) is 11.6 Å². The van der Waals surface area contributed by atoms with E-state index in [1.54, 1.807) is 6.26 Å². The number of para-hydroxylation sites is 2. The zero-order valence-electron chi connectivity index (χ0n) is 15.3. The third kappa shape index (κ3) is 4.71. The van der Waals surface area contributed by atoms with Crippen molar-refractivity contribution in [2.75, 3.05) is 17.7 Å². The first-order valence-electron chi connectivity index (χ1n) is 8.84. The van der Waals surface area contributed by atoms with E-state index < -0.39 is 0 Å². The van der Waals surface area contributed by atoms with Crippen molar-refractivity contribution in [1.29, 1.82) is 0 Å². The van der Waals surface area contributed by atoms with Crippen LogP contribution in [0.15, 0.2) is 52.2 Å². The molecular weight excluding hydrogens is 364 g/mol. The van der Waals surface area contributed by atoms with Crippen LogP contribution in [0.4, 0.5) is 5.69 Å². The smallest absolute Gasteiger partial charge is 0.234 e. The highest BCUT2D eigenvalue weighted by Gasteiger charge is 2.16. The van der Waals surface area contributed by atoms with Crippen LogP contribution in [-0.2, 0) is 11.3 Å². The Morgan fingerprint density at radius 3 is 2.81 bits per heavy atom. The molecule has 0 radical (unpaired) electrons. The first-order chi connectivity index (χ1) is 13.2. The maximum absolute atomic E-state index is 12.4. The predicted octanol–water partition coefficient (Wildman–Crippen LogP) is 4.08. The second kappa shape index (κ2) is 9.27. The van der Waals surface area contributed by atoms with Crippen molar-refractivity contribution in [2.45, 2.75) is 32.0 Å². The zero-order chi connectivity index (χ0) is 19.1. The number of nitrogens with one attached hydrogen (secondary N) is 1. The zero-order valence-corrected chi connectivity index (χ0v) is 16.2. The van der Waals surface area contributed by atoms with Gasteiger partial charge in [-0.1, -0.05) is 30.8 Å². The summed E-state index contributed by atoms with van der Waals surface area (Å²) in [4.78, 5) is 12.4. The molecule has 0 spiro atoms. The first kappa shape index (κ1) is 19.0. The third-order valence-electron chi connectivity index (χ3n) is 3.73. The first-order valence-corrected chi connectivity index (χ1v) is 9.83. The third-order valence-corrected chi connectivity index (χ3v) is 4.70. The number of rotatable bonds is 9. The highest BCUT2D eigenvalue weighted by molar-refractivity contribution is 7.99. The molecule has 0 atom stereocenters. The molecule has 3 aromatic rings. The summed E-state index contributed by atoms with van der Waals surface area (Å²) in [5, 5.41) is 12.0. The lowest BCUT2D eigenvalue weighted by molar-refractivity contribution is -0.113. The Hall–Kier alpha value is -2.74. The minimum atomic E-state index is -0.127. The second-order valence-corrected chi connectivity index (χ2v) is 6.65. The summed E-state index contributed by atoms with van der Waals surface area (Å²) < 4.78 is 13.0. The Balaban J connectivity index is 1.63. The van der Waals surface area contributed by atoms with Crippen LogP contribution in [0.2, 0.25) is 0 Å². The van der Waals surface area contributed by atoms with Crippen molar-refractivity contribution in [3.63, 3.8) is 0 Å². The van der Waals surface area contributed by atoms with E-state index in [4.69, 9.17) is 9.15 Å². The molecule has 2 aromatic heterocycles. The summed E-state index contributed by atoms with van der Waals surface area (Å²) in [6, 6.07) is 11.1. The minimum Gasteiger partial charge on any atom is -0.491 e. The summed E-state index contributed by atoms with van der Waals surface area (Å²) in [6.07, 6.45) is 2.51. The molecule has 7 nitrogen and oxygen atoms in total. The maximum atomic E-state index is 12.4. The number of nitrogens with zero attached hydrogens (tertiary/aromatic N) is 3. The lowest BCUT2D eigenvalue weighted by Crippen LogP contribution is -2.15. The second-order valence-electron chi connectivity index (χ2n) is 5.71. The number of thioether (sulfide) groups is 1. The van der Waals surface area contributed by atoms with Gasteiger partial charge in [0.05, 0.1) is 24.3 Å². The van der Waals surface area contributed by atoms with Gasteiger partial charge >= 0.3 is 0 Å². The Kier molecular flexibility index (Phi) is 6.54. The van der Waals surface area contributed by atoms with Crippen LogP contribution in [-0.4, -0.2) is 33.0 Å². The number of ether oxygens (including phenoxy) is 1. The molecule has 142 valence electrons. The molecule has 0 aliphatic heterocycles. The fourth-order valence-corrected chi connectivity index (χ4v) is 3.30. The van der Waals surface area contributed by atoms with Gasteiger partial charge in [-0.3, -0.25) is 9.36 Å². The van der Waals surface area contributed by atoms with Crippen molar-refractivity contribution in [1.82, 2.24) is 14.8 Å². The van der Waals surface area contributed by atoms with E-state index in [1.807, 2.05) is 54.8 Å². The molecule has 0 aliphatic carbocycles. The highest BCUT2D eigenvalue weighted by atomic mass is 32.2. The van der Waals surface area contributed by atoms with Crippen molar-refractivity contribution in [2.24, 2.45) is 0 Å². The largest absolute Gasteiger partial charge is 0.491 e. The molecule has 1 aromatic carbocycles. The fraction of sp³-hybridized carbons (Fsp3) is 0.316. The number of carbonyl (C=O) groups excluding carboxylic acids is 1. The van der Waals surface area contributed by atoms with Crippen LogP contribution < -0.4 is 10.1 Å². The summed E-state index contributed by atoms with van der Waals surface area (Å²) in [7, 11) is 0. The van der Waals surface area contributed by atoms with Crippen molar-refractivity contribution < 1.29 is 13.9 Å². The van der Waals surface area contributed by atoms with Gasteiger partial charge in [-0.05, 0) is 37.6 Å². The average Bonchev–Trinajstić information content (AvgIpc) is 3.34. The van der Waals surface area contributed by atoms with Gasteiger partial charge in [0, 0.05) is 6.54 Å². The molecule has 2 heterocycles. The molecule has 8 heteroatoms. The number of hydrogen-bond donors (Lipinski definition) is 1. The quantitative estimate of drug-likeness (QED) is 0.558. The van der Waals surface area contributed by atoms with Gasteiger partial charge < -0.3 is 14.5 Å². The van der Waals surface area contributed by atoms with Gasteiger partial charge in [0.2, 0.25) is 5.91 Å². The Morgan fingerprint density at radius 2 is 2.07 bits per heavy atom. The lowest BCUT2D eigenvalue weighted by atomic mass is 10.3. The van der Waals surface area contributed by atoms with Gasteiger partial charge in [0.1, 0.15) is 5.75 Å². The topological polar surface area (TPSA) is 82.2 Å². The van der Waals surface area contributed by atoms with E-state index >= 15 is 0 Å². The Morgan fingerprint density at radius 1 is 1.22 bits per heavy atom. The lowest BCUT2D eigenvalue weighted by Gasteiger charge is -2.12. The number of aromatic nitrogens is 3. The monoisotopic (exact) mass is 386 g/mol. The molecule has 0 aliphatic rings. The molecule has 0 saturated heterocycles.